The van der Waals surface area contributed by atoms with Gasteiger partial charge >= 0.3 is 0 Å². The number of rotatable bonds is 6. The van der Waals surface area contributed by atoms with Crippen LogP contribution in [0.4, 0.5) is 0 Å². The summed E-state index contributed by atoms with van der Waals surface area (Å²) in [5.41, 5.74) is 0. The third-order valence-corrected chi connectivity index (χ3v) is 4.36. The molecular formula is C10H17N5S. The molecule has 2 aliphatic carbocycles. The molecule has 0 radical (unpaired) electrons. The maximum atomic E-state index is 4.10. The molecule has 3 rings (SSSR count). The van der Waals surface area contributed by atoms with E-state index < -0.39 is 0 Å². The first kappa shape index (κ1) is 10.5. The zero-order valence-electron chi connectivity index (χ0n) is 9.46. The van der Waals surface area contributed by atoms with Crippen molar-refractivity contribution in [1.29, 1.82) is 0 Å². The van der Waals surface area contributed by atoms with Crippen LogP contribution in [-0.4, -0.2) is 39.0 Å². The van der Waals surface area contributed by atoms with E-state index in [1.54, 1.807) is 11.8 Å². The van der Waals surface area contributed by atoms with Gasteiger partial charge < -0.3 is 5.32 Å². The van der Waals surface area contributed by atoms with Crippen LogP contribution in [0.2, 0.25) is 0 Å². The summed E-state index contributed by atoms with van der Waals surface area (Å²) < 4.78 is 1.99. The lowest BCUT2D eigenvalue weighted by Gasteiger charge is -2.13. The molecule has 88 valence electrons. The lowest BCUT2D eigenvalue weighted by atomic mass is 10.2. The smallest absolute Gasteiger partial charge is 0.209 e. The number of nitrogens with zero attached hydrogens (tertiary/aromatic N) is 4. The molecule has 5 nitrogen and oxygen atoms in total. The molecule has 1 N–H and O–H groups in total. The topological polar surface area (TPSA) is 55.6 Å². The predicted molar refractivity (Wildman–Crippen MR) is 62.4 cm³/mol. The molecule has 0 aromatic carbocycles. The van der Waals surface area contributed by atoms with Crippen LogP contribution in [0.5, 0.6) is 0 Å². The molecule has 2 saturated carbocycles. The van der Waals surface area contributed by atoms with E-state index >= 15 is 0 Å². The highest BCUT2D eigenvalue weighted by Gasteiger charge is 2.32. The zero-order chi connectivity index (χ0) is 11.0. The van der Waals surface area contributed by atoms with Crippen molar-refractivity contribution >= 4 is 11.8 Å². The fourth-order valence-electron chi connectivity index (χ4n) is 1.95. The van der Waals surface area contributed by atoms with Gasteiger partial charge in [0.1, 0.15) is 0 Å². The predicted octanol–water partition coefficient (Wildman–Crippen LogP) is 1.10. The normalized spacial score (nSPS) is 22.3. The van der Waals surface area contributed by atoms with Crippen LogP contribution in [0.3, 0.4) is 0 Å². The van der Waals surface area contributed by atoms with Crippen LogP contribution in [0.15, 0.2) is 5.16 Å². The second kappa shape index (κ2) is 4.33. The molecule has 0 saturated heterocycles. The first-order chi connectivity index (χ1) is 7.88. The Morgan fingerprint density at radius 2 is 2.25 bits per heavy atom. The molecule has 0 amide bonds. The van der Waals surface area contributed by atoms with Crippen LogP contribution in [-0.2, 0) is 0 Å². The number of hydrogen-bond donors (Lipinski definition) is 1. The van der Waals surface area contributed by atoms with E-state index in [1.807, 2.05) is 11.7 Å². The molecule has 0 bridgehead atoms. The van der Waals surface area contributed by atoms with Gasteiger partial charge in [0, 0.05) is 11.8 Å². The molecule has 6 heteroatoms. The summed E-state index contributed by atoms with van der Waals surface area (Å²) in [6.07, 6.45) is 5.21. The third kappa shape index (κ3) is 2.22. The van der Waals surface area contributed by atoms with Gasteiger partial charge in [-0.15, -0.1) is 5.10 Å². The largest absolute Gasteiger partial charge is 0.316 e. The quantitative estimate of drug-likeness (QED) is 0.753. The van der Waals surface area contributed by atoms with Gasteiger partial charge in [-0.05, 0) is 49.1 Å². The van der Waals surface area contributed by atoms with E-state index in [0.717, 1.165) is 16.8 Å². The van der Waals surface area contributed by atoms with Gasteiger partial charge in [0.05, 0.1) is 6.04 Å². The van der Waals surface area contributed by atoms with Crippen molar-refractivity contribution < 1.29 is 0 Å². The molecule has 2 aliphatic rings. The Kier molecular flexibility index (Phi) is 2.85. The highest BCUT2D eigenvalue weighted by atomic mass is 32.2. The first-order valence-electron chi connectivity index (χ1n) is 5.96. The molecule has 1 aromatic rings. The van der Waals surface area contributed by atoms with Gasteiger partial charge in [-0.2, -0.15) is 0 Å². The Morgan fingerprint density at radius 1 is 1.44 bits per heavy atom. The van der Waals surface area contributed by atoms with Crippen molar-refractivity contribution in [1.82, 2.24) is 25.5 Å². The standard InChI is InChI=1S/C10H17N5S/c1-11-9(7-2-3-7)6-16-10-12-13-14-15(10)8-4-5-8/h7-9,11H,2-6H2,1H3. The van der Waals surface area contributed by atoms with E-state index in [4.69, 9.17) is 0 Å². The molecule has 16 heavy (non-hydrogen) atoms. The lowest BCUT2D eigenvalue weighted by Crippen LogP contribution is -2.29. The van der Waals surface area contributed by atoms with Crippen LogP contribution >= 0.6 is 11.8 Å². The monoisotopic (exact) mass is 239 g/mol. The van der Waals surface area contributed by atoms with Crippen LogP contribution in [0.1, 0.15) is 31.7 Å². The van der Waals surface area contributed by atoms with E-state index in [1.165, 1.54) is 25.7 Å². The van der Waals surface area contributed by atoms with Gasteiger partial charge in [-0.25, -0.2) is 4.68 Å². The van der Waals surface area contributed by atoms with Gasteiger partial charge in [-0.3, -0.25) is 0 Å². The Hall–Kier alpha value is -0.620. The average molecular weight is 239 g/mol. The second-order valence-corrected chi connectivity index (χ2v) is 5.67. The Labute approximate surface area is 99.4 Å². The molecule has 2 fully saturated rings. The number of tetrazole rings is 1. The first-order valence-corrected chi connectivity index (χ1v) is 6.95. The fourth-order valence-corrected chi connectivity index (χ4v) is 3.13. The molecule has 1 heterocycles. The number of hydrogen-bond acceptors (Lipinski definition) is 5. The Morgan fingerprint density at radius 3 is 2.88 bits per heavy atom. The van der Waals surface area contributed by atoms with Crippen LogP contribution in [0, 0.1) is 5.92 Å². The highest BCUT2D eigenvalue weighted by Crippen LogP contribution is 2.38. The van der Waals surface area contributed by atoms with Crippen molar-refractivity contribution in [3.63, 3.8) is 0 Å². The van der Waals surface area contributed by atoms with Crippen LogP contribution in [0.25, 0.3) is 0 Å². The van der Waals surface area contributed by atoms with Gasteiger partial charge in [0.25, 0.3) is 0 Å². The number of aromatic nitrogens is 4. The molecule has 1 aromatic heterocycles. The summed E-state index contributed by atoms with van der Waals surface area (Å²) in [6.45, 7) is 0. The third-order valence-electron chi connectivity index (χ3n) is 3.31. The fraction of sp³-hybridized carbons (Fsp3) is 0.900. The summed E-state index contributed by atoms with van der Waals surface area (Å²) in [6, 6.07) is 1.20. The van der Waals surface area contributed by atoms with Gasteiger partial charge in [0.2, 0.25) is 5.16 Å². The van der Waals surface area contributed by atoms with E-state index in [9.17, 15) is 0 Å². The summed E-state index contributed by atoms with van der Waals surface area (Å²) in [4.78, 5) is 0. The molecular weight excluding hydrogens is 222 g/mol. The molecule has 1 atom stereocenters. The van der Waals surface area contributed by atoms with Crippen molar-refractivity contribution in [2.24, 2.45) is 5.92 Å². The van der Waals surface area contributed by atoms with Gasteiger partial charge in [0.15, 0.2) is 0 Å². The minimum absolute atomic E-state index is 0.575. The number of thioether (sulfide) groups is 1. The minimum atomic E-state index is 0.575. The zero-order valence-corrected chi connectivity index (χ0v) is 10.3. The van der Waals surface area contributed by atoms with Crippen molar-refractivity contribution in [3.8, 4) is 0 Å². The highest BCUT2D eigenvalue weighted by molar-refractivity contribution is 7.99. The van der Waals surface area contributed by atoms with E-state index in [0.29, 0.717) is 12.1 Å². The van der Waals surface area contributed by atoms with Crippen molar-refractivity contribution in [2.75, 3.05) is 12.8 Å². The summed E-state index contributed by atoms with van der Waals surface area (Å²) in [7, 11) is 2.05. The van der Waals surface area contributed by atoms with Crippen LogP contribution < -0.4 is 5.32 Å². The SMILES string of the molecule is CNC(CSc1nnnn1C1CC1)C1CC1. The van der Waals surface area contributed by atoms with E-state index in [-0.39, 0.29) is 0 Å². The summed E-state index contributed by atoms with van der Waals surface area (Å²) in [5.74, 6) is 1.96. The second-order valence-electron chi connectivity index (χ2n) is 4.68. The summed E-state index contributed by atoms with van der Waals surface area (Å²) in [5, 5.41) is 16.3. The Balaban J connectivity index is 1.58. The molecule has 0 aliphatic heterocycles. The lowest BCUT2D eigenvalue weighted by molar-refractivity contribution is 0.546. The molecule has 0 spiro atoms. The number of nitrogens with one attached hydrogen (secondary N) is 1. The maximum absolute atomic E-state index is 4.10. The average Bonchev–Trinajstić information content (AvgIpc) is 3.20. The van der Waals surface area contributed by atoms with Crippen molar-refractivity contribution in [2.45, 2.75) is 42.9 Å². The van der Waals surface area contributed by atoms with Gasteiger partial charge in [-0.1, -0.05) is 11.8 Å². The molecule has 1 unspecified atom stereocenters. The van der Waals surface area contributed by atoms with Crippen molar-refractivity contribution in [3.05, 3.63) is 0 Å². The van der Waals surface area contributed by atoms with E-state index in [2.05, 4.69) is 20.8 Å². The minimum Gasteiger partial charge on any atom is -0.316 e. The maximum Gasteiger partial charge on any atom is 0.209 e. The summed E-state index contributed by atoms with van der Waals surface area (Å²) >= 11 is 1.79. The Bertz CT molecular complexity index is 358.